The van der Waals surface area contributed by atoms with E-state index in [0.29, 0.717) is 0 Å². The van der Waals surface area contributed by atoms with E-state index in [2.05, 4.69) is 15.9 Å². The molecule has 0 atom stereocenters. The van der Waals surface area contributed by atoms with E-state index in [4.69, 9.17) is 10.7 Å². The minimum Gasteiger partial charge on any atom is -0.197 e. The van der Waals surface area contributed by atoms with Gasteiger partial charge < -0.3 is 0 Å². The molecule has 0 saturated heterocycles. The zero-order valence-corrected chi connectivity index (χ0v) is 8.41. The summed E-state index contributed by atoms with van der Waals surface area (Å²) in [5, 5.41) is 9.01. The number of benzene rings is 1. The maximum absolute atomic E-state index is 9.01. The van der Waals surface area contributed by atoms with Gasteiger partial charge in [0.1, 0.15) is 0 Å². The Morgan fingerprint density at radius 2 is 2.25 bits per heavy atom. The first-order chi connectivity index (χ1) is 7.24. The van der Waals surface area contributed by atoms with E-state index in [-0.39, 0.29) is 34.2 Å². The fraction of sp³-hybridized carbons (Fsp3) is 0.300. The lowest BCUT2D eigenvalue weighted by Gasteiger charge is -2.15. The van der Waals surface area contributed by atoms with Crippen LogP contribution in [0.15, 0.2) is 28.6 Å². The predicted molar refractivity (Wildman–Crippen MR) is 52.8 cm³/mol. The molecule has 0 aromatic heterocycles. The number of nitrogens with zero attached hydrogens (tertiary/aromatic N) is 1. The third kappa shape index (κ3) is 1.86. The molecule has 62 valence electrons. The summed E-state index contributed by atoms with van der Waals surface area (Å²) >= 11 is 3.05. The van der Waals surface area contributed by atoms with Gasteiger partial charge in [-0.25, -0.2) is 0 Å². The van der Waals surface area contributed by atoms with Crippen molar-refractivity contribution in [2.45, 2.75) is 19.3 Å². The first-order valence-electron chi connectivity index (χ1n) is 5.41. The minimum absolute atomic E-state index is 0.0578. The standard InChI is InChI=1S/C10H10BrN/c1-10(2,7-12)8-4-3-5-9(11)6-8/h3-6H,1-2H3/i3D,4D,5D,6D. The third-order valence-corrected chi connectivity index (χ3v) is 1.90. The van der Waals surface area contributed by atoms with Crippen LogP contribution in [-0.2, 0) is 5.41 Å². The van der Waals surface area contributed by atoms with Crippen LogP contribution in [-0.4, -0.2) is 0 Å². The molecule has 0 heterocycles. The van der Waals surface area contributed by atoms with Gasteiger partial charge in [-0.05, 0) is 31.5 Å². The Morgan fingerprint density at radius 1 is 1.58 bits per heavy atom. The smallest absolute Gasteiger partial charge is 0.0766 e. The van der Waals surface area contributed by atoms with Crippen molar-refractivity contribution in [1.29, 1.82) is 5.26 Å². The highest BCUT2D eigenvalue weighted by Crippen LogP contribution is 2.24. The Morgan fingerprint density at radius 3 is 2.83 bits per heavy atom. The van der Waals surface area contributed by atoms with E-state index < -0.39 is 5.41 Å². The second-order valence-corrected chi connectivity index (χ2v) is 3.72. The fourth-order valence-corrected chi connectivity index (χ4v) is 0.987. The number of hydrogen-bond donors (Lipinski definition) is 0. The van der Waals surface area contributed by atoms with Gasteiger partial charge in [0, 0.05) is 4.47 Å². The van der Waals surface area contributed by atoms with Gasteiger partial charge in [0.25, 0.3) is 0 Å². The van der Waals surface area contributed by atoms with Gasteiger partial charge in [-0.3, -0.25) is 0 Å². The third-order valence-electron chi connectivity index (χ3n) is 1.50. The van der Waals surface area contributed by atoms with E-state index in [0.717, 1.165) is 0 Å². The molecule has 1 nitrogen and oxygen atoms in total. The normalized spacial score (nSPS) is 15.5. The van der Waals surface area contributed by atoms with Crippen molar-refractivity contribution >= 4 is 15.9 Å². The van der Waals surface area contributed by atoms with Gasteiger partial charge in [-0.1, -0.05) is 28.0 Å². The fourth-order valence-electron chi connectivity index (χ4n) is 0.689. The van der Waals surface area contributed by atoms with Gasteiger partial charge >= 0.3 is 0 Å². The Labute approximate surface area is 86.8 Å². The highest BCUT2D eigenvalue weighted by atomic mass is 79.9. The highest BCUT2D eigenvalue weighted by molar-refractivity contribution is 9.10. The molecule has 0 aliphatic carbocycles. The first-order valence-corrected chi connectivity index (χ1v) is 4.21. The first kappa shape index (κ1) is 5.04. The largest absolute Gasteiger partial charge is 0.197 e. The van der Waals surface area contributed by atoms with Gasteiger partial charge in [-0.15, -0.1) is 0 Å². The van der Waals surface area contributed by atoms with E-state index in [9.17, 15) is 0 Å². The molecule has 0 bridgehead atoms. The summed E-state index contributed by atoms with van der Waals surface area (Å²) in [5.74, 6) is 0. The lowest BCUT2D eigenvalue weighted by atomic mass is 9.87. The average molecular weight is 228 g/mol. The Bertz CT molecular complexity index is 462. The summed E-state index contributed by atoms with van der Waals surface area (Å²) in [6.45, 7) is 3.18. The molecule has 1 rings (SSSR count). The molecule has 1 aromatic rings. The SMILES string of the molecule is [2H]c1c([2H])c(Br)c([2H])c(C(C)(C)C#N)c1[2H]. The van der Waals surface area contributed by atoms with Gasteiger partial charge in [0.05, 0.1) is 17.0 Å². The topological polar surface area (TPSA) is 23.8 Å². The number of rotatable bonds is 1. The summed E-state index contributed by atoms with van der Waals surface area (Å²) < 4.78 is 30.8. The zero-order valence-electron chi connectivity index (χ0n) is 10.8. The van der Waals surface area contributed by atoms with Crippen LogP contribution < -0.4 is 0 Å². The van der Waals surface area contributed by atoms with Crippen LogP contribution in [0.3, 0.4) is 0 Å². The van der Waals surface area contributed by atoms with E-state index in [1.54, 1.807) is 13.8 Å². The van der Waals surface area contributed by atoms with Crippen LogP contribution in [0.4, 0.5) is 0 Å². The lowest BCUT2D eigenvalue weighted by molar-refractivity contribution is 0.686. The van der Waals surface area contributed by atoms with Crippen molar-refractivity contribution in [3.05, 3.63) is 34.2 Å². The van der Waals surface area contributed by atoms with Crippen LogP contribution in [0.1, 0.15) is 24.9 Å². The second kappa shape index (κ2) is 3.28. The molecule has 0 amide bonds. The van der Waals surface area contributed by atoms with Crippen molar-refractivity contribution in [2.75, 3.05) is 0 Å². The summed E-state index contributed by atoms with van der Waals surface area (Å²) in [4.78, 5) is 0. The van der Waals surface area contributed by atoms with Gasteiger partial charge in [0.15, 0.2) is 0 Å². The maximum Gasteiger partial charge on any atom is 0.0766 e. The van der Waals surface area contributed by atoms with Crippen molar-refractivity contribution in [2.24, 2.45) is 0 Å². The molecule has 0 fully saturated rings. The molecular weight excluding hydrogens is 214 g/mol. The average Bonchev–Trinajstić information content (AvgIpc) is 2.23. The van der Waals surface area contributed by atoms with E-state index in [1.165, 1.54) is 0 Å². The summed E-state index contributed by atoms with van der Waals surface area (Å²) in [6.07, 6.45) is 0. The molecule has 0 spiro atoms. The van der Waals surface area contributed by atoms with Crippen molar-refractivity contribution < 1.29 is 5.48 Å². The lowest BCUT2D eigenvalue weighted by Crippen LogP contribution is -2.13. The predicted octanol–water partition coefficient (Wildman–Crippen LogP) is 3.25. The minimum atomic E-state index is -1.01. The Hall–Kier alpha value is -0.810. The van der Waals surface area contributed by atoms with Crippen molar-refractivity contribution in [1.82, 2.24) is 0 Å². The van der Waals surface area contributed by atoms with Crippen LogP contribution in [0, 0.1) is 11.3 Å². The number of nitriles is 1. The van der Waals surface area contributed by atoms with Crippen molar-refractivity contribution in [3.63, 3.8) is 0 Å². The molecule has 0 radical (unpaired) electrons. The molecule has 0 unspecified atom stereocenters. The van der Waals surface area contributed by atoms with Crippen LogP contribution in [0.2, 0.25) is 0 Å². The maximum atomic E-state index is 9.01. The molecule has 0 aliphatic rings. The van der Waals surface area contributed by atoms with Crippen molar-refractivity contribution in [3.8, 4) is 6.07 Å². The van der Waals surface area contributed by atoms with Crippen LogP contribution in [0.5, 0.6) is 0 Å². The van der Waals surface area contributed by atoms with Gasteiger partial charge in [0.2, 0.25) is 0 Å². The Kier molecular flexibility index (Phi) is 1.38. The number of hydrogen-bond acceptors (Lipinski definition) is 1. The molecule has 0 N–H and O–H groups in total. The number of halogens is 1. The molecular formula is C10H10BrN. The monoisotopic (exact) mass is 227 g/mol. The van der Waals surface area contributed by atoms with Crippen LogP contribution >= 0.6 is 15.9 Å². The Balaban J connectivity index is 3.73. The molecule has 0 saturated carbocycles. The molecule has 0 aliphatic heterocycles. The van der Waals surface area contributed by atoms with Gasteiger partial charge in [-0.2, -0.15) is 5.26 Å². The van der Waals surface area contributed by atoms with Crippen LogP contribution in [0.25, 0.3) is 0 Å². The summed E-state index contributed by atoms with van der Waals surface area (Å²) in [7, 11) is 0. The molecule has 2 heteroatoms. The zero-order chi connectivity index (χ0) is 12.7. The quantitative estimate of drug-likeness (QED) is 0.723. The summed E-state index contributed by atoms with van der Waals surface area (Å²) in [6, 6.07) is 1.28. The molecule has 12 heavy (non-hydrogen) atoms. The van der Waals surface area contributed by atoms with E-state index in [1.807, 2.05) is 6.07 Å². The second-order valence-electron chi connectivity index (χ2n) is 2.93. The molecule has 1 aromatic carbocycles. The highest BCUT2D eigenvalue weighted by Gasteiger charge is 2.19. The van der Waals surface area contributed by atoms with E-state index >= 15 is 0 Å². The summed E-state index contributed by atoms with van der Waals surface area (Å²) in [5.41, 5.74) is -0.830.